The normalized spacial score (nSPS) is 17.4. The fraction of sp³-hybridized carbons (Fsp3) is 0.929. The van der Waals surface area contributed by atoms with Crippen LogP contribution in [-0.4, -0.2) is 36.5 Å². The zero-order valence-electron chi connectivity index (χ0n) is 11.7. The first kappa shape index (κ1) is 14.5. The van der Waals surface area contributed by atoms with Crippen LogP contribution < -0.4 is 5.32 Å². The molecule has 0 aromatic rings. The van der Waals surface area contributed by atoms with Gasteiger partial charge in [0.25, 0.3) is 0 Å². The molecule has 0 aromatic heterocycles. The molecule has 1 saturated heterocycles. The van der Waals surface area contributed by atoms with Crippen LogP contribution in [-0.2, 0) is 4.79 Å². The molecular formula is C14H28N2O. The van der Waals surface area contributed by atoms with Gasteiger partial charge in [-0.15, -0.1) is 0 Å². The molecule has 100 valence electrons. The fourth-order valence-corrected chi connectivity index (χ4v) is 2.43. The van der Waals surface area contributed by atoms with Gasteiger partial charge in [-0.2, -0.15) is 0 Å². The van der Waals surface area contributed by atoms with Crippen molar-refractivity contribution in [2.45, 2.75) is 58.9 Å². The van der Waals surface area contributed by atoms with Crippen molar-refractivity contribution in [2.24, 2.45) is 5.92 Å². The van der Waals surface area contributed by atoms with Crippen molar-refractivity contribution in [3.05, 3.63) is 0 Å². The number of amides is 1. The molecule has 0 bridgehead atoms. The Kier molecular flexibility index (Phi) is 6.56. The maximum Gasteiger partial charge on any atom is 0.222 e. The van der Waals surface area contributed by atoms with Gasteiger partial charge in [0.15, 0.2) is 0 Å². The van der Waals surface area contributed by atoms with E-state index in [9.17, 15) is 4.79 Å². The van der Waals surface area contributed by atoms with Crippen molar-refractivity contribution >= 4 is 5.91 Å². The lowest BCUT2D eigenvalue weighted by atomic mass is 10.0. The van der Waals surface area contributed by atoms with Crippen molar-refractivity contribution in [1.29, 1.82) is 0 Å². The molecule has 0 radical (unpaired) electrons. The smallest absolute Gasteiger partial charge is 0.222 e. The zero-order valence-corrected chi connectivity index (χ0v) is 11.7. The Morgan fingerprint density at radius 3 is 2.53 bits per heavy atom. The summed E-state index contributed by atoms with van der Waals surface area (Å²) in [4.78, 5) is 14.4. The lowest BCUT2D eigenvalue weighted by molar-refractivity contribution is -0.134. The summed E-state index contributed by atoms with van der Waals surface area (Å²) in [6, 6.07) is 0.482. The number of rotatable bonds is 6. The summed E-state index contributed by atoms with van der Waals surface area (Å²) in [5, 5.41) is 3.36. The molecule has 0 aliphatic carbocycles. The van der Waals surface area contributed by atoms with Gasteiger partial charge in [0.05, 0.1) is 0 Å². The van der Waals surface area contributed by atoms with E-state index in [1.807, 2.05) is 0 Å². The Labute approximate surface area is 106 Å². The van der Waals surface area contributed by atoms with Crippen molar-refractivity contribution < 1.29 is 4.79 Å². The van der Waals surface area contributed by atoms with E-state index in [2.05, 4.69) is 31.0 Å². The third-order valence-corrected chi connectivity index (χ3v) is 3.47. The predicted octanol–water partition coefficient (Wildman–Crippen LogP) is 2.41. The molecule has 1 rings (SSSR count). The molecule has 0 spiro atoms. The minimum Gasteiger partial charge on any atom is -0.340 e. The van der Waals surface area contributed by atoms with E-state index in [-0.39, 0.29) is 0 Å². The fourth-order valence-electron chi connectivity index (χ4n) is 2.43. The van der Waals surface area contributed by atoms with Crippen LogP contribution in [0.3, 0.4) is 0 Å². The van der Waals surface area contributed by atoms with Gasteiger partial charge in [0.1, 0.15) is 0 Å². The average Bonchev–Trinajstić information content (AvgIpc) is 2.34. The predicted molar refractivity (Wildman–Crippen MR) is 72.0 cm³/mol. The molecule has 1 amide bonds. The molecular weight excluding hydrogens is 212 g/mol. The van der Waals surface area contributed by atoms with Gasteiger partial charge in [0.2, 0.25) is 5.91 Å². The highest BCUT2D eigenvalue weighted by molar-refractivity contribution is 5.76. The summed E-state index contributed by atoms with van der Waals surface area (Å²) in [6.45, 7) is 9.57. The Hall–Kier alpha value is -0.570. The molecule has 0 atom stereocenters. The summed E-state index contributed by atoms with van der Waals surface area (Å²) in [7, 11) is 0. The number of hydrogen-bond acceptors (Lipinski definition) is 2. The first-order valence-electron chi connectivity index (χ1n) is 7.15. The second-order valence-electron chi connectivity index (χ2n) is 5.50. The lowest BCUT2D eigenvalue weighted by Crippen LogP contribution is -2.46. The van der Waals surface area contributed by atoms with Crippen molar-refractivity contribution in [3.8, 4) is 0 Å². The zero-order chi connectivity index (χ0) is 12.7. The number of nitrogens with zero attached hydrogens (tertiary/aromatic N) is 1. The highest BCUT2D eigenvalue weighted by Crippen LogP contribution is 2.15. The molecule has 3 nitrogen and oxygen atoms in total. The van der Waals surface area contributed by atoms with Gasteiger partial charge >= 0.3 is 0 Å². The van der Waals surface area contributed by atoms with Gasteiger partial charge in [-0.25, -0.2) is 0 Å². The van der Waals surface area contributed by atoms with Crippen LogP contribution >= 0.6 is 0 Å². The van der Waals surface area contributed by atoms with Crippen LogP contribution in [0.25, 0.3) is 0 Å². The van der Waals surface area contributed by atoms with Crippen LogP contribution in [0, 0.1) is 5.92 Å². The maximum atomic E-state index is 12.2. The molecule has 1 aliphatic heterocycles. The van der Waals surface area contributed by atoms with Crippen LogP contribution in [0.4, 0.5) is 0 Å². The molecule has 17 heavy (non-hydrogen) atoms. The van der Waals surface area contributed by atoms with Crippen molar-refractivity contribution in [3.63, 3.8) is 0 Å². The second kappa shape index (κ2) is 7.70. The number of nitrogens with one attached hydrogen (secondary N) is 1. The highest BCUT2D eigenvalue weighted by Gasteiger charge is 2.24. The summed E-state index contributed by atoms with van der Waals surface area (Å²) >= 11 is 0. The summed E-state index contributed by atoms with van der Waals surface area (Å²) in [5.74, 6) is 0.989. The van der Waals surface area contributed by atoms with Crippen LogP contribution in [0.2, 0.25) is 0 Å². The molecule has 1 N–H and O–H groups in total. The van der Waals surface area contributed by atoms with Crippen LogP contribution in [0.15, 0.2) is 0 Å². The Bertz CT molecular complexity index is 222. The summed E-state index contributed by atoms with van der Waals surface area (Å²) < 4.78 is 0. The molecule has 0 aromatic carbocycles. The summed E-state index contributed by atoms with van der Waals surface area (Å²) in [5.41, 5.74) is 0. The largest absolute Gasteiger partial charge is 0.340 e. The van der Waals surface area contributed by atoms with E-state index in [0.717, 1.165) is 51.7 Å². The Balaban J connectivity index is 2.47. The van der Waals surface area contributed by atoms with Crippen LogP contribution in [0.5, 0.6) is 0 Å². The number of hydrogen-bond donors (Lipinski definition) is 1. The SMILES string of the molecule is CCCN(C(=O)CCC(C)C)C1CCNCC1. The second-order valence-corrected chi connectivity index (χ2v) is 5.50. The topological polar surface area (TPSA) is 32.3 Å². The Morgan fingerprint density at radius 2 is 2.00 bits per heavy atom. The quantitative estimate of drug-likeness (QED) is 0.773. The van der Waals surface area contributed by atoms with Gasteiger partial charge in [-0.1, -0.05) is 20.8 Å². The first-order chi connectivity index (χ1) is 8.15. The van der Waals surface area contributed by atoms with E-state index >= 15 is 0 Å². The molecule has 0 saturated carbocycles. The minimum absolute atomic E-state index is 0.368. The molecule has 0 unspecified atom stereocenters. The summed E-state index contributed by atoms with van der Waals surface area (Å²) in [6.07, 6.45) is 5.05. The molecule has 1 heterocycles. The molecule has 1 aliphatic rings. The van der Waals surface area contributed by atoms with E-state index in [4.69, 9.17) is 0 Å². The van der Waals surface area contributed by atoms with Gasteiger partial charge in [-0.05, 0) is 44.7 Å². The average molecular weight is 240 g/mol. The van der Waals surface area contributed by atoms with Gasteiger partial charge < -0.3 is 10.2 Å². The van der Waals surface area contributed by atoms with Crippen LogP contribution in [0.1, 0.15) is 52.9 Å². The Morgan fingerprint density at radius 1 is 1.35 bits per heavy atom. The standard InChI is InChI=1S/C14H28N2O/c1-4-11-16(13-7-9-15-10-8-13)14(17)6-5-12(2)3/h12-13,15H,4-11H2,1-3H3. The van der Waals surface area contributed by atoms with Gasteiger partial charge in [0, 0.05) is 19.0 Å². The first-order valence-corrected chi connectivity index (χ1v) is 7.15. The van der Waals surface area contributed by atoms with E-state index in [1.54, 1.807) is 0 Å². The van der Waals surface area contributed by atoms with E-state index < -0.39 is 0 Å². The minimum atomic E-state index is 0.368. The number of piperidine rings is 1. The van der Waals surface area contributed by atoms with Crippen molar-refractivity contribution in [1.82, 2.24) is 10.2 Å². The molecule has 3 heteroatoms. The van der Waals surface area contributed by atoms with Crippen molar-refractivity contribution in [2.75, 3.05) is 19.6 Å². The highest BCUT2D eigenvalue weighted by atomic mass is 16.2. The number of carbonyl (C=O) groups excluding carboxylic acids is 1. The third-order valence-electron chi connectivity index (χ3n) is 3.47. The van der Waals surface area contributed by atoms with E-state index in [1.165, 1.54) is 0 Å². The maximum absolute atomic E-state index is 12.2. The van der Waals surface area contributed by atoms with E-state index in [0.29, 0.717) is 17.9 Å². The monoisotopic (exact) mass is 240 g/mol. The van der Waals surface area contributed by atoms with Gasteiger partial charge in [-0.3, -0.25) is 4.79 Å². The molecule has 1 fully saturated rings. The third kappa shape index (κ3) is 5.07. The lowest BCUT2D eigenvalue weighted by Gasteiger charge is -2.34. The number of carbonyl (C=O) groups is 1.